The lowest BCUT2D eigenvalue weighted by Crippen LogP contribution is -2.59. The lowest BCUT2D eigenvalue weighted by atomic mass is 10.0. The first-order valence-corrected chi connectivity index (χ1v) is 15.2. The molecule has 244 valence electrons. The number of hydrogen-bond donors (Lipinski definition) is 8. The van der Waals surface area contributed by atoms with E-state index in [4.69, 9.17) is 5.73 Å². The molecular weight excluding hydrogens is 562 g/mol. The summed E-state index contributed by atoms with van der Waals surface area (Å²) in [4.78, 5) is 77.9. The highest BCUT2D eigenvalue weighted by Crippen LogP contribution is 2.21. The van der Waals surface area contributed by atoms with Crippen molar-refractivity contribution in [3.05, 3.63) is 0 Å². The van der Waals surface area contributed by atoms with E-state index in [1.165, 1.54) is 6.92 Å². The summed E-state index contributed by atoms with van der Waals surface area (Å²) in [5, 5.41) is 32.2. The van der Waals surface area contributed by atoms with Crippen LogP contribution in [0.4, 0.5) is 0 Å². The van der Waals surface area contributed by atoms with Crippen LogP contribution in [0.2, 0.25) is 0 Å². The summed E-state index contributed by atoms with van der Waals surface area (Å²) >= 11 is 0. The van der Waals surface area contributed by atoms with E-state index in [1.54, 1.807) is 4.90 Å². The van der Waals surface area contributed by atoms with Gasteiger partial charge in [0.15, 0.2) is 0 Å². The molecule has 0 spiro atoms. The number of carboxylic acids is 1. The highest BCUT2D eigenvalue weighted by molar-refractivity contribution is 5.96. The van der Waals surface area contributed by atoms with Gasteiger partial charge in [0.05, 0.1) is 12.6 Å². The van der Waals surface area contributed by atoms with Gasteiger partial charge >= 0.3 is 5.97 Å². The Balaban J connectivity index is 1.98. The van der Waals surface area contributed by atoms with Crippen molar-refractivity contribution < 1.29 is 39.0 Å². The van der Waals surface area contributed by atoms with Gasteiger partial charge in [-0.3, -0.25) is 24.0 Å². The van der Waals surface area contributed by atoms with E-state index in [1.807, 2.05) is 13.8 Å². The Labute approximate surface area is 252 Å². The quantitative estimate of drug-likeness (QED) is 0.0838. The van der Waals surface area contributed by atoms with Crippen molar-refractivity contribution in [2.45, 2.75) is 108 Å². The molecule has 15 nitrogen and oxygen atoms in total. The number of likely N-dealkylation sites (tertiary alicyclic amines) is 1. The number of hydrogen-bond acceptors (Lipinski definition) is 9. The zero-order valence-corrected chi connectivity index (χ0v) is 25.4. The van der Waals surface area contributed by atoms with Crippen LogP contribution in [0.15, 0.2) is 0 Å². The van der Waals surface area contributed by atoms with Crippen molar-refractivity contribution in [3.63, 3.8) is 0 Å². The van der Waals surface area contributed by atoms with Crippen LogP contribution in [0.25, 0.3) is 0 Å². The smallest absolute Gasteiger partial charge is 0.326 e. The van der Waals surface area contributed by atoms with Crippen LogP contribution in [-0.2, 0) is 28.8 Å². The minimum absolute atomic E-state index is 0.0127. The van der Waals surface area contributed by atoms with Crippen molar-refractivity contribution in [3.8, 4) is 0 Å². The second-order valence-corrected chi connectivity index (χ2v) is 11.7. The SMILES string of the molecule is CC(C)C[C@H](NC(=O)[C@@H]1CCCN1C(=O)[C@@H]1CCCN1)C(=O)N[C@@H](C)C(=O)N[C@@H](CO)C(=O)N[C@@H](CCCCN)C(=O)O. The Morgan fingerprint density at radius 3 is 2.14 bits per heavy atom. The van der Waals surface area contributed by atoms with E-state index < -0.39 is 66.4 Å². The summed E-state index contributed by atoms with van der Waals surface area (Å²) in [7, 11) is 0. The number of carbonyl (C=O) groups is 6. The Morgan fingerprint density at radius 1 is 0.884 bits per heavy atom. The van der Waals surface area contributed by atoms with Crippen LogP contribution in [-0.4, -0.2) is 113 Å². The topological polar surface area (TPSA) is 232 Å². The molecule has 6 atom stereocenters. The highest BCUT2D eigenvalue weighted by Gasteiger charge is 2.39. The largest absolute Gasteiger partial charge is 0.480 e. The first-order valence-electron chi connectivity index (χ1n) is 15.2. The summed E-state index contributed by atoms with van der Waals surface area (Å²) in [6.45, 7) is 5.94. The van der Waals surface area contributed by atoms with Gasteiger partial charge in [0.25, 0.3) is 0 Å². The van der Waals surface area contributed by atoms with Crippen molar-refractivity contribution in [1.29, 1.82) is 0 Å². The molecule has 0 aromatic rings. The summed E-state index contributed by atoms with van der Waals surface area (Å²) < 4.78 is 0. The second kappa shape index (κ2) is 17.7. The fourth-order valence-electron chi connectivity index (χ4n) is 5.26. The van der Waals surface area contributed by atoms with Crippen molar-refractivity contribution in [2.24, 2.45) is 11.7 Å². The normalized spacial score (nSPS) is 21.0. The molecule has 0 unspecified atom stereocenters. The minimum atomic E-state index is -1.45. The molecule has 0 aromatic heterocycles. The third-order valence-electron chi connectivity index (χ3n) is 7.67. The third kappa shape index (κ3) is 11.0. The van der Waals surface area contributed by atoms with E-state index in [0.29, 0.717) is 38.8 Å². The zero-order valence-electron chi connectivity index (χ0n) is 25.4. The number of aliphatic hydroxyl groups is 1. The first kappa shape index (κ1) is 35.9. The molecule has 0 aromatic carbocycles. The number of carboxylic acid groups (broad SMARTS) is 1. The Hall–Kier alpha value is -3.30. The van der Waals surface area contributed by atoms with Gasteiger partial charge in [-0.1, -0.05) is 13.8 Å². The van der Waals surface area contributed by atoms with Crippen LogP contribution in [0.1, 0.15) is 72.1 Å². The van der Waals surface area contributed by atoms with E-state index in [2.05, 4.69) is 26.6 Å². The number of unbranched alkanes of at least 4 members (excludes halogenated alkanes) is 1. The molecule has 2 aliphatic heterocycles. The van der Waals surface area contributed by atoms with Crippen LogP contribution >= 0.6 is 0 Å². The van der Waals surface area contributed by atoms with Gasteiger partial charge in [-0.15, -0.1) is 0 Å². The van der Waals surface area contributed by atoms with Crippen molar-refractivity contribution >= 4 is 35.5 Å². The molecule has 2 aliphatic rings. The van der Waals surface area contributed by atoms with E-state index >= 15 is 0 Å². The Kier molecular flexibility index (Phi) is 14.8. The molecule has 15 heteroatoms. The average molecular weight is 612 g/mol. The summed E-state index contributed by atoms with van der Waals surface area (Å²) in [6.07, 6.45) is 4.22. The van der Waals surface area contributed by atoms with Gasteiger partial charge in [0.2, 0.25) is 29.5 Å². The first-order chi connectivity index (χ1) is 20.4. The van der Waals surface area contributed by atoms with E-state index in [-0.39, 0.29) is 30.7 Å². The Bertz CT molecular complexity index is 988. The number of aliphatic carboxylic acids is 1. The molecule has 0 aliphatic carbocycles. The number of nitrogens with one attached hydrogen (secondary N) is 5. The van der Waals surface area contributed by atoms with Gasteiger partial charge in [-0.05, 0) is 77.3 Å². The van der Waals surface area contributed by atoms with E-state index in [0.717, 1.165) is 19.4 Å². The molecule has 2 saturated heterocycles. The van der Waals surface area contributed by atoms with Gasteiger partial charge in [-0.25, -0.2) is 4.79 Å². The second-order valence-electron chi connectivity index (χ2n) is 11.7. The lowest BCUT2D eigenvalue weighted by molar-refractivity contribution is -0.143. The average Bonchev–Trinajstić information content (AvgIpc) is 3.67. The van der Waals surface area contributed by atoms with Crippen molar-refractivity contribution in [2.75, 3.05) is 26.2 Å². The van der Waals surface area contributed by atoms with Crippen LogP contribution in [0, 0.1) is 5.92 Å². The molecule has 2 heterocycles. The number of nitrogens with zero attached hydrogens (tertiary/aromatic N) is 1. The number of nitrogens with two attached hydrogens (primary N) is 1. The maximum absolute atomic E-state index is 13.3. The third-order valence-corrected chi connectivity index (χ3v) is 7.67. The predicted octanol–water partition coefficient (Wildman–Crippen LogP) is -2.06. The summed E-state index contributed by atoms with van der Waals surface area (Å²) in [6, 6.07) is -5.80. The fourth-order valence-corrected chi connectivity index (χ4v) is 5.26. The Morgan fingerprint density at radius 2 is 1.56 bits per heavy atom. The van der Waals surface area contributed by atoms with Crippen molar-refractivity contribution in [1.82, 2.24) is 31.5 Å². The number of rotatable bonds is 17. The molecule has 5 amide bonds. The lowest BCUT2D eigenvalue weighted by Gasteiger charge is -2.29. The zero-order chi connectivity index (χ0) is 32.1. The van der Waals surface area contributed by atoms with Crippen LogP contribution in [0.3, 0.4) is 0 Å². The molecule has 2 fully saturated rings. The van der Waals surface area contributed by atoms with Crippen LogP contribution in [0.5, 0.6) is 0 Å². The molecular formula is C28H49N7O8. The molecule has 2 rings (SSSR count). The van der Waals surface area contributed by atoms with Crippen LogP contribution < -0.4 is 32.3 Å². The summed E-state index contributed by atoms with van der Waals surface area (Å²) in [5.41, 5.74) is 5.43. The molecule has 0 saturated carbocycles. The summed E-state index contributed by atoms with van der Waals surface area (Å²) in [5.74, 6) is -4.08. The molecule has 0 radical (unpaired) electrons. The van der Waals surface area contributed by atoms with E-state index in [9.17, 15) is 39.0 Å². The maximum atomic E-state index is 13.3. The number of amides is 5. The fraction of sp³-hybridized carbons (Fsp3) is 0.786. The molecule has 43 heavy (non-hydrogen) atoms. The number of carbonyl (C=O) groups excluding carboxylic acids is 5. The van der Waals surface area contributed by atoms with Gasteiger partial charge in [0, 0.05) is 6.54 Å². The van der Waals surface area contributed by atoms with Gasteiger partial charge < -0.3 is 47.4 Å². The van der Waals surface area contributed by atoms with Gasteiger partial charge in [0.1, 0.15) is 30.2 Å². The molecule has 9 N–H and O–H groups in total. The minimum Gasteiger partial charge on any atom is -0.480 e. The standard InChI is InChI=1S/C28H49N7O8/c1-16(2)14-20(33-26(40)22-10-7-13-35(22)27(41)18-9-6-12-30-18)24(38)31-17(3)23(37)34-21(15-36)25(39)32-19(28(42)43)8-4-5-11-29/h16-22,30,36H,4-15,29H2,1-3H3,(H,31,38)(H,32,39)(H,33,40)(H,34,37)(H,42,43)/t17-,18-,19-,20-,21-,22-/m0/s1. The monoisotopic (exact) mass is 611 g/mol. The molecule has 0 bridgehead atoms. The number of aliphatic hydroxyl groups excluding tert-OH is 1. The maximum Gasteiger partial charge on any atom is 0.326 e. The highest BCUT2D eigenvalue weighted by atomic mass is 16.4. The van der Waals surface area contributed by atoms with Gasteiger partial charge in [-0.2, -0.15) is 0 Å². The predicted molar refractivity (Wildman–Crippen MR) is 156 cm³/mol.